The fraction of sp³-hybridized carbons (Fsp3) is 0.467. The molecule has 4 nitrogen and oxygen atoms in total. The van der Waals surface area contributed by atoms with Crippen molar-refractivity contribution in [2.75, 3.05) is 6.54 Å². The Morgan fingerprint density at radius 3 is 2.58 bits per heavy atom. The molecule has 2 amide bonds. The molecule has 0 fully saturated rings. The van der Waals surface area contributed by atoms with Crippen LogP contribution in [-0.2, 0) is 4.79 Å². The number of rotatable bonds is 5. The van der Waals surface area contributed by atoms with Crippen LogP contribution in [0.5, 0.6) is 0 Å². The van der Waals surface area contributed by atoms with Crippen molar-refractivity contribution in [1.29, 1.82) is 0 Å². The van der Waals surface area contributed by atoms with Gasteiger partial charge in [-0.05, 0) is 25.5 Å². The number of hydrogen-bond donors (Lipinski definition) is 1. The molecule has 0 heterocycles. The highest BCUT2D eigenvalue weighted by molar-refractivity contribution is 5.95. The lowest BCUT2D eigenvalue weighted by molar-refractivity contribution is -0.133. The number of aryl methyl sites for hydroxylation is 1. The highest BCUT2D eigenvalue weighted by Gasteiger charge is 2.15. The van der Waals surface area contributed by atoms with E-state index in [4.69, 9.17) is 0 Å². The van der Waals surface area contributed by atoms with E-state index in [-0.39, 0.29) is 11.8 Å². The van der Waals surface area contributed by atoms with E-state index in [0.717, 1.165) is 18.4 Å². The van der Waals surface area contributed by atoms with Crippen LogP contribution in [0.4, 0.5) is 0 Å². The van der Waals surface area contributed by atoms with Crippen molar-refractivity contribution in [3.63, 3.8) is 0 Å². The van der Waals surface area contributed by atoms with Crippen molar-refractivity contribution >= 4 is 11.8 Å². The first kappa shape index (κ1) is 15.2. The Bertz CT molecular complexity index is 444. The Kier molecular flexibility index (Phi) is 6.06. The van der Waals surface area contributed by atoms with E-state index in [1.807, 2.05) is 25.1 Å². The zero-order valence-corrected chi connectivity index (χ0v) is 11.9. The molecule has 0 aliphatic rings. The minimum Gasteiger partial charge on any atom is -0.273 e. The van der Waals surface area contributed by atoms with Crippen LogP contribution < -0.4 is 5.43 Å². The summed E-state index contributed by atoms with van der Waals surface area (Å²) in [5.41, 5.74) is 4.29. The molecule has 1 aromatic rings. The molecule has 0 saturated heterocycles. The Balaban J connectivity index is 2.72. The van der Waals surface area contributed by atoms with Gasteiger partial charge >= 0.3 is 0 Å². The third-order valence-electron chi connectivity index (χ3n) is 2.86. The van der Waals surface area contributed by atoms with Gasteiger partial charge in [-0.2, -0.15) is 0 Å². The maximum atomic E-state index is 12.1. The first-order chi connectivity index (χ1) is 9.08. The fourth-order valence-electron chi connectivity index (χ4n) is 1.72. The molecule has 0 unspecified atom stereocenters. The number of nitrogens with zero attached hydrogens (tertiary/aromatic N) is 1. The van der Waals surface area contributed by atoms with Gasteiger partial charge in [0.1, 0.15) is 0 Å². The first-order valence-electron chi connectivity index (χ1n) is 6.76. The molecule has 0 aromatic heterocycles. The smallest absolute Gasteiger partial charge is 0.269 e. The normalized spacial score (nSPS) is 10.1. The number of benzene rings is 1. The third-order valence-corrected chi connectivity index (χ3v) is 2.86. The van der Waals surface area contributed by atoms with Crippen LogP contribution in [0.2, 0.25) is 0 Å². The van der Waals surface area contributed by atoms with Crippen LogP contribution >= 0.6 is 0 Å². The Hall–Kier alpha value is -1.84. The van der Waals surface area contributed by atoms with E-state index in [9.17, 15) is 9.59 Å². The van der Waals surface area contributed by atoms with Crippen molar-refractivity contribution in [2.45, 2.75) is 40.0 Å². The fourth-order valence-corrected chi connectivity index (χ4v) is 1.72. The third kappa shape index (κ3) is 4.73. The molecule has 0 saturated carbocycles. The van der Waals surface area contributed by atoms with E-state index in [1.165, 1.54) is 5.01 Å². The number of carbonyl (C=O) groups is 2. The number of unbranched alkanes of at least 4 members (excludes halogenated alkanes) is 1. The zero-order chi connectivity index (χ0) is 14.3. The molecule has 0 aliphatic carbocycles. The van der Waals surface area contributed by atoms with Gasteiger partial charge in [0.15, 0.2) is 0 Å². The largest absolute Gasteiger partial charge is 0.273 e. The summed E-state index contributed by atoms with van der Waals surface area (Å²) < 4.78 is 0. The average molecular weight is 262 g/mol. The second-order valence-electron chi connectivity index (χ2n) is 4.56. The molecule has 1 N–H and O–H groups in total. The maximum absolute atomic E-state index is 12.1. The molecule has 0 atom stereocenters. The molecule has 19 heavy (non-hydrogen) atoms. The van der Waals surface area contributed by atoms with Gasteiger partial charge in [0.05, 0.1) is 0 Å². The lowest BCUT2D eigenvalue weighted by atomic mass is 10.1. The van der Waals surface area contributed by atoms with Gasteiger partial charge in [0.25, 0.3) is 5.91 Å². The number of amides is 2. The monoisotopic (exact) mass is 262 g/mol. The van der Waals surface area contributed by atoms with Crippen LogP contribution in [0, 0.1) is 6.92 Å². The van der Waals surface area contributed by atoms with Crippen molar-refractivity contribution in [1.82, 2.24) is 10.4 Å². The minimum atomic E-state index is -0.235. The second kappa shape index (κ2) is 7.56. The van der Waals surface area contributed by atoms with Gasteiger partial charge in [0.2, 0.25) is 5.91 Å². The summed E-state index contributed by atoms with van der Waals surface area (Å²) in [4.78, 5) is 23.8. The van der Waals surface area contributed by atoms with Gasteiger partial charge in [-0.1, -0.05) is 38.0 Å². The van der Waals surface area contributed by atoms with Gasteiger partial charge in [0, 0.05) is 18.5 Å². The predicted molar refractivity (Wildman–Crippen MR) is 75.6 cm³/mol. The summed E-state index contributed by atoms with van der Waals surface area (Å²) in [6, 6.07) is 7.33. The highest BCUT2D eigenvalue weighted by atomic mass is 16.2. The SMILES string of the molecule is CCCCN(NC(=O)c1cccc(C)c1)C(=O)CC. The Labute approximate surface area is 114 Å². The topological polar surface area (TPSA) is 49.4 Å². The van der Waals surface area contributed by atoms with Gasteiger partial charge < -0.3 is 0 Å². The number of nitrogens with one attached hydrogen (secondary N) is 1. The van der Waals surface area contributed by atoms with Crippen LogP contribution in [-0.4, -0.2) is 23.4 Å². The standard InChI is InChI=1S/C15H22N2O2/c1-4-6-10-17(14(18)5-2)16-15(19)13-9-7-8-12(3)11-13/h7-9,11H,4-6,10H2,1-3H3,(H,16,19). The second-order valence-corrected chi connectivity index (χ2v) is 4.56. The van der Waals surface area contributed by atoms with Gasteiger partial charge in [-0.25, -0.2) is 0 Å². The predicted octanol–water partition coefficient (Wildman–Crippen LogP) is 2.68. The summed E-state index contributed by atoms with van der Waals surface area (Å²) in [5.74, 6) is -0.295. The maximum Gasteiger partial charge on any atom is 0.269 e. The lowest BCUT2D eigenvalue weighted by Crippen LogP contribution is -2.46. The molecule has 0 bridgehead atoms. The lowest BCUT2D eigenvalue weighted by Gasteiger charge is -2.22. The molecular weight excluding hydrogens is 240 g/mol. The summed E-state index contributed by atoms with van der Waals surface area (Å²) in [7, 11) is 0. The molecule has 1 aromatic carbocycles. The summed E-state index contributed by atoms with van der Waals surface area (Å²) >= 11 is 0. The minimum absolute atomic E-state index is 0.0607. The zero-order valence-electron chi connectivity index (χ0n) is 11.9. The van der Waals surface area contributed by atoms with Crippen LogP contribution in [0.1, 0.15) is 49.0 Å². The molecule has 4 heteroatoms. The van der Waals surface area contributed by atoms with Crippen molar-refractivity contribution in [3.05, 3.63) is 35.4 Å². The average Bonchev–Trinajstić information content (AvgIpc) is 2.42. The van der Waals surface area contributed by atoms with Crippen molar-refractivity contribution in [2.24, 2.45) is 0 Å². The van der Waals surface area contributed by atoms with Gasteiger partial charge in [-0.15, -0.1) is 0 Å². The first-order valence-corrected chi connectivity index (χ1v) is 6.76. The van der Waals surface area contributed by atoms with Crippen LogP contribution in [0.3, 0.4) is 0 Å². The van der Waals surface area contributed by atoms with E-state index in [1.54, 1.807) is 13.0 Å². The van der Waals surface area contributed by atoms with Crippen molar-refractivity contribution in [3.8, 4) is 0 Å². The Morgan fingerprint density at radius 2 is 2.00 bits per heavy atom. The molecule has 0 radical (unpaired) electrons. The van der Waals surface area contributed by atoms with Crippen LogP contribution in [0.15, 0.2) is 24.3 Å². The summed E-state index contributed by atoms with van der Waals surface area (Å²) in [6.45, 7) is 6.33. The van der Waals surface area contributed by atoms with E-state index in [0.29, 0.717) is 18.5 Å². The summed E-state index contributed by atoms with van der Waals surface area (Å²) in [6.07, 6.45) is 2.24. The van der Waals surface area contributed by atoms with E-state index >= 15 is 0 Å². The molecular formula is C15H22N2O2. The molecule has 0 spiro atoms. The van der Waals surface area contributed by atoms with Gasteiger partial charge in [-0.3, -0.25) is 20.0 Å². The van der Waals surface area contributed by atoms with E-state index in [2.05, 4.69) is 12.3 Å². The highest BCUT2D eigenvalue weighted by Crippen LogP contribution is 2.05. The van der Waals surface area contributed by atoms with E-state index < -0.39 is 0 Å². The Morgan fingerprint density at radius 1 is 1.26 bits per heavy atom. The number of hydrogen-bond acceptors (Lipinski definition) is 2. The van der Waals surface area contributed by atoms with Crippen molar-refractivity contribution < 1.29 is 9.59 Å². The molecule has 104 valence electrons. The summed E-state index contributed by atoms with van der Waals surface area (Å²) in [5, 5.41) is 1.42. The van der Waals surface area contributed by atoms with Crippen LogP contribution in [0.25, 0.3) is 0 Å². The molecule has 0 aliphatic heterocycles. The molecule has 1 rings (SSSR count). The quantitative estimate of drug-likeness (QED) is 0.829. The number of hydrazine groups is 1. The number of carbonyl (C=O) groups excluding carboxylic acids is 2.